The number of ether oxygens (including phenoxy) is 1. The molecule has 0 aliphatic heterocycles. The maximum absolute atomic E-state index is 13.1. The quantitative estimate of drug-likeness (QED) is 0.375. The molecule has 0 N–H and O–H groups in total. The number of halogens is 2. The van der Waals surface area contributed by atoms with E-state index >= 15 is 0 Å². The van der Waals surface area contributed by atoms with E-state index in [2.05, 4.69) is 0 Å². The Morgan fingerprint density at radius 3 is 2.56 bits per heavy atom. The first kappa shape index (κ1) is 20.9. The minimum Gasteiger partial charge on any atom is -0.465 e. The fourth-order valence-corrected chi connectivity index (χ4v) is 4.34. The Labute approximate surface area is 165 Å². The molecule has 0 aliphatic rings. The highest BCUT2D eigenvalue weighted by Crippen LogP contribution is 2.32. The number of hydrogen-bond donors (Lipinski definition) is 0. The van der Waals surface area contributed by atoms with Gasteiger partial charge in [0.1, 0.15) is 11.4 Å². The molecule has 2 aromatic carbocycles. The summed E-state index contributed by atoms with van der Waals surface area (Å²) in [5.74, 6) is -0.828. The Bertz CT molecular complexity index is 981. The van der Waals surface area contributed by atoms with Gasteiger partial charge >= 0.3 is 5.97 Å². The number of carbonyl (C=O) groups excluding carboxylic acids is 1. The molecule has 0 spiro atoms. The van der Waals surface area contributed by atoms with Crippen molar-refractivity contribution in [2.24, 2.45) is 0 Å². The highest BCUT2D eigenvalue weighted by molar-refractivity contribution is 7.93. The Hall–Kier alpha value is -2.36. The largest absolute Gasteiger partial charge is 0.465 e. The summed E-state index contributed by atoms with van der Waals surface area (Å²) in [7, 11) is -4.37. The van der Waals surface area contributed by atoms with Crippen LogP contribution in [0.4, 0.5) is 11.4 Å². The molecule has 0 aromatic heterocycles. The van der Waals surface area contributed by atoms with E-state index in [1.807, 2.05) is 0 Å². The smallest absolute Gasteiger partial charge is 0.326 e. The van der Waals surface area contributed by atoms with Crippen molar-refractivity contribution in [3.05, 3.63) is 62.6 Å². The molecular formula is C16H14Cl2N2O6S. The van der Waals surface area contributed by atoms with E-state index in [0.717, 1.165) is 12.1 Å². The number of nitrogens with zero attached hydrogens (tertiary/aromatic N) is 2. The average Bonchev–Trinajstić information content (AvgIpc) is 2.61. The molecule has 0 heterocycles. The number of anilines is 1. The van der Waals surface area contributed by atoms with E-state index in [1.54, 1.807) is 6.92 Å². The summed E-state index contributed by atoms with van der Waals surface area (Å²) in [5.41, 5.74) is -0.429. The Balaban J connectivity index is 2.61. The van der Waals surface area contributed by atoms with Crippen LogP contribution in [0.1, 0.15) is 6.92 Å². The number of benzene rings is 2. The minimum atomic E-state index is -4.37. The van der Waals surface area contributed by atoms with Gasteiger partial charge in [0, 0.05) is 17.2 Å². The number of hydrogen-bond acceptors (Lipinski definition) is 6. The van der Waals surface area contributed by atoms with Crippen LogP contribution in [-0.2, 0) is 19.6 Å². The van der Waals surface area contributed by atoms with E-state index in [4.69, 9.17) is 27.9 Å². The third-order valence-electron chi connectivity index (χ3n) is 3.37. The molecule has 0 amide bonds. The molecule has 0 aliphatic carbocycles. The average molecular weight is 433 g/mol. The number of non-ortho nitro benzene ring substituents is 1. The van der Waals surface area contributed by atoms with Gasteiger partial charge in [0.25, 0.3) is 15.7 Å². The number of esters is 1. The number of rotatable bonds is 7. The predicted octanol–water partition coefficient (Wildman–Crippen LogP) is 3.66. The molecule has 0 fully saturated rings. The summed E-state index contributed by atoms with van der Waals surface area (Å²) >= 11 is 11.9. The lowest BCUT2D eigenvalue weighted by atomic mass is 10.3. The molecule has 144 valence electrons. The molecular weight excluding hydrogens is 419 g/mol. The van der Waals surface area contributed by atoms with Gasteiger partial charge in [0.2, 0.25) is 0 Å². The third-order valence-corrected chi connectivity index (χ3v) is 5.86. The first-order valence-corrected chi connectivity index (χ1v) is 9.74. The second-order valence-electron chi connectivity index (χ2n) is 5.17. The molecule has 0 unspecified atom stereocenters. The first-order valence-electron chi connectivity index (χ1n) is 7.54. The maximum atomic E-state index is 13.1. The van der Waals surface area contributed by atoms with Crippen LogP contribution < -0.4 is 4.31 Å². The van der Waals surface area contributed by atoms with Crippen LogP contribution in [-0.4, -0.2) is 32.5 Å². The number of sulfonamides is 1. The fraction of sp³-hybridized carbons (Fsp3) is 0.188. The van der Waals surface area contributed by atoms with Gasteiger partial charge in [-0.15, -0.1) is 0 Å². The van der Waals surface area contributed by atoms with Crippen LogP contribution in [0.15, 0.2) is 47.4 Å². The van der Waals surface area contributed by atoms with Crippen LogP contribution in [0, 0.1) is 10.1 Å². The van der Waals surface area contributed by atoms with Crippen molar-refractivity contribution in [2.45, 2.75) is 11.8 Å². The lowest BCUT2D eigenvalue weighted by molar-refractivity contribution is -0.384. The van der Waals surface area contributed by atoms with Gasteiger partial charge in [-0.1, -0.05) is 29.3 Å². The van der Waals surface area contributed by atoms with E-state index in [9.17, 15) is 23.3 Å². The first-order chi connectivity index (χ1) is 12.7. The second kappa shape index (κ2) is 8.55. The zero-order chi connectivity index (χ0) is 20.2. The van der Waals surface area contributed by atoms with Gasteiger partial charge in [-0.25, -0.2) is 8.42 Å². The lowest BCUT2D eigenvalue weighted by Crippen LogP contribution is -2.36. The topological polar surface area (TPSA) is 107 Å². The monoisotopic (exact) mass is 432 g/mol. The third kappa shape index (κ3) is 4.88. The minimum absolute atomic E-state index is 0.0412. The lowest BCUT2D eigenvalue weighted by Gasteiger charge is -2.24. The molecule has 2 aromatic rings. The van der Waals surface area contributed by atoms with Gasteiger partial charge < -0.3 is 4.74 Å². The Morgan fingerprint density at radius 1 is 1.22 bits per heavy atom. The number of nitro groups is 1. The van der Waals surface area contributed by atoms with E-state index in [-0.39, 0.29) is 32.9 Å². The summed E-state index contributed by atoms with van der Waals surface area (Å²) < 4.78 is 31.8. The number of carbonyl (C=O) groups is 1. The van der Waals surface area contributed by atoms with Gasteiger partial charge in [0.05, 0.1) is 22.2 Å². The van der Waals surface area contributed by atoms with Crippen LogP contribution in [0.2, 0.25) is 10.0 Å². The molecule has 11 heteroatoms. The predicted molar refractivity (Wildman–Crippen MR) is 101 cm³/mol. The van der Waals surface area contributed by atoms with Crippen molar-refractivity contribution in [3.8, 4) is 0 Å². The highest BCUT2D eigenvalue weighted by Gasteiger charge is 2.30. The molecule has 0 radical (unpaired) electrons. The summed E-state index contributed by atoms with van der Waals surface area (Å²) in [5, 5.41) is 11.0. The zero-order valence-corrected chi connectivity index (χ0v) is 16.3. The van der Waals surface area contributed by atoms with Crippen molar-refractivity contribution < 1.29 is 22.9 Å². The zero-order valence-electron chi connectivity index (χ0n) is 14.0. The summed E-state index contributed by atoms with van der Waals surface area (Å²) in [4.78, 5) is 22.0. The fourth-order valence-electron chi connectivity index (χ4n) is 2.19. The summed E-state index contributed by atoms with van der Waals surface area (Å²) in [6, 6.07) is 8.71. The molecule has 27 heavy (non-hydrogen) atoms. The molecule has 0 atom stereocenters. The number of nitro benzene ring substituents is 1. The van der Waals surface area contributed by atoms with Crippen LogP contribution >= 0.6 is 23.2 Å². The molecule has 0 saturated heterocycles. The second-order valence-corrected chi connectivity index (χ2v) is 7.84. The molecule has 8 nitrogen and oxygen atoms in total. The summed E-state index contributed by atoms with van der Waals surface area (Å²) in [6.07, 6.45) is 0. The van der Waals surface area contributed by atoms with E-state index in [0.29, 0.717) is 4.31 Å². The van der Waals surface area contributed by atoms with Crippen molar-refractivity contribution in [2.75, 3.05) is 17.5 Å². The molecule has 0 bridgehead atoms. The van der Waals surface area contributed by atoms with Crippen molar-refractivity contribution in [3.63, 3.8) is 0 Å². The standard InChI is InChI=1S/C16H14Cl2N2O6S/c1-2-26-16(21)10-19(12-4-3-5-13(9-12)20(22)23)27(24,25)15-8-11(17)6-7-14(15)18/h3-9H,2,10H2,1H3. The van der Waals surface area contributed by atoms with Crippen LogP contribution in [0.25, 0.3) is 0 Å². The van der Waals surface area contributed by atoms with Gasteiger partial charge in [-0.05, 0) is 31.2 Å². The van der Waals surface area contributed by atoms with E-state index < -0.39 is 27.5 Å². The maximum Gasteiger partial charge on any atom is 0.326 e. The highest BCUT2D eigenvalue weighted by atomic mass is 35.5. The Morgan fingerprint density at radius 2 is 1.93 bits per heavy atom. The van der Waals surface area contributed by atoms with Crippen molar-refractivity contribution in [1.29, 1.82) is 0 Å². The van der Waals surface area contributed by atoms with Crippen molar-refractivity contribution >= 4 is 50.6 Å². The molecule has 0 saturated carbocycles. The van der Waals surface area contributed by atoms with Gasteiger partial charge in [-0.2, -0.15) is 0 Å². The van der Waals surface area contributed by atoms with Crippen LogP contribution in [0.5, 0.6) is 0 Å². The molecule has 2 rings (SSSR count). The van der Waals surface area contributed by atoms with Crippen LogP contribution in [0.3, 0.4) is 0 Å². The Kier molecular flexibility index (Phi) is 6.63. The van der Waals surface area contributed by atoms with Gasteiger partial charge in [0.15, 0.2) is 0 Å². The van der Waals surface area contributed by atoms with Crippen molar-refractivity contribution in [1.82, 2.24) is 0 Å². The normalized spacial score (nSPS) is 11.1. The van der Waals surface area contributed by atoms with Gasteiger partial charge in [-0.3, -0.25) is 19.2 Å². The SMILES string of the molecule is CCOC(=O)CN(c1cccc([N+](=O)[O-])c1)S(=O)(=O)c1cc(Cl)ccc1Cl. The van der Waals surface area contributed by atoms with E-state index in [1.165, 1.54) is 30.3 Å². The summed E-state index contributed by atoms with van der Waals surface area (Å²) in [6.45, 7) is 0.914.